The van der Waals surface area contributed by atoms with Crippen molar-refractivity contribution in [1.29, 1.82) is 0 Å². The lowest BCUT2D eigenvalue weighted by Crippen LogP contribution is -2.15. The number of nitrogens with one attached hydrogen (secondary N) is 1. The number of hydrogen-bond acceptors (Lipinski definition) is 1. The van der Waals surface area contributed by atoms with Crippen LogP contribution in [0.3, 0.4) is 0 Å². The molecule has 1 nitrogen and oxygen atoms in total. The van der Waals surface area contributed by atoms with Gasteiger partial charge in [0.05, 0.1) is 0 Å². The molecule has 0 amide bonds. The van der Waals surface area contributed by atoms with Gasteiger partial charge in [0, 0.05) is 12.2 Å². The largest absolute Gasteiger partial charge is 0.385 e. The molecule has 1 saturated carbocycles. The molecule has 2 aliphatic carbocycles. The number of hydrogen-bond donors (Lipinski definition) is 1. The van der Waals surface area contributed by atoms with Gasteiger partial charge in [-0.1, -0.05) is 29.9 Å². The SMILES string of the molecule is C=C(NC/C=C(/C)C1CC=C(C)CC1)C1CC1. The Bertz CT molecular complexity index is 345. The van der Waals surface area contributed by atoms with Crippen molar-refractivity contribution in [2.24, 2.45) is 11.8 Å². The maximum atomic E-state index is 4.09. The summed E-state index contributed by atoms with van der Waals surface area (Å²) < 4.78 is 0. The molecule has 17 heavy (non-hydrogen) atoms. The Kier molecular flexibility index (Phi) is 4.09. The molecule has 1 N–H and O–H groups in total. The molecule has 1 unspecified atom stereocenters. The fourth-order valence-electron chi connectivity index (χ4n) is 2.46. The quantitative estimate of drug-likeness (QED) is 0.699. The number of rotatable bonds is 5. The van der Waals surface area contributed by atoms with E-state index in [0.29, 0.717) is 0 Å². The first kappa shape index (κ1) is 12.5. The van der Waals surface area contributed by atoms with Crippen molar-refractivity contribution in [3.8, 4) is 0 Å². The van der Waals surface area contributed by atoms with Crippen molar-refractivity contribution < 1.29 is 0 Å². The Morgan fingerprint density at radius 1 is 1.41 bits per heavy atom. The molecular weight excluding hydrogens is 206 g/mol. The summed E-state index contributed by atoms with van der Waals surface area (Å²) in [6.07, 6.45) is 11.3. The summed E-state index contributed by atoms with van der Waals surface area (Å²) in [6.45, 7) is 9.57. The van der Waals surface area contributed by atoms with Crippen molar-refractivity contribution in [3.63, 3.8) is 0 Å². The predicted octanol–water partition coefficient (Wildman–Crippen LogP) is 4.19. The summed E-state index contributed by atoms with van der Waals surface area (Å²) >= 11 is 0. The normalized spacial score (nSPS) is 25.4. The van der Waals surface area contributed by atoms with Gasteiger partial charge in [0.1, 0.15) is 0 Å². The Labute approximate surface area is 106 Å². The van der Waals surface area contributed by atoms with Gasteiger partial charge in [-0.2, -0.15) is 0 Å². The minimum absolute atomic E-state index is 0.768. The van der Waals surface area contributed by atoms with Gasteiger partial charge < -0.3 is 5.32 Å². The molecule has 0 saturated heterocycles. The lowest BCUT2D eigenvalue weighted by atomic mass is 9.85. The van der Waals surface area contributed by atoms with E-state index in [4.69, 9.17) is 0 Å². The second-order valence-corrected chi connectivity index (χ2v) is 5.65. The van der Waals surface area contributed by atoms with Crippen molar-refractivity contribution in [1.82, 2.24) is 5.32 Å². The summed E-state index contributed by atoms with van der Waals surface area (Å²) in [6, 6.07) is 0. The van der Waals surface area contributed by atoms with E-state index < -0.39 is 0 Å². The summed E-state index contributed by atoms with van der Waals surface area (Å²) in [5.41, 5.74) is 4.35. The van der Waals surface area contributed by atoms with E-state index in [1.165, 1.54) is 37.8 Å². The highest BCUT2D eigenvalue weighted by atomic mass is 14.9. The van der Waals surface area contributed by atoms with E-state index in [1.807, 2.05) is 0 Å². The van der Waals surface area contributed by atoms with Gasteiger partial charge in [0.15, 0.2) is 0 Å². The molecule has 0 aromatic heterocycles. The Morgan fingerprint density at radius 2 is 2.18 bits per heavy atom. The van der Waals surface area contributed by atoms with Crippen LogP contribution in [0.1, 0.15) is 46.0 Å². The predicted molar refractivity (Wildman–Crippen MR) is 74.7 cm³/mol. The molecule has 2 rings (SSSR count). The highest BCUT2D eigenvalue weighted by Crippen LogP contribution is 2.34. The van der Waals surface area contributed by atoms with Crippen LogP contribution in [0.4, 0.5) is 0 Å². The second-order valence-electron chi connectivity index (χ2n) is 5.65. The van der Waals surface area contributed by atoms with Crippen LogP contribution in [0.5, 0.6) is 0 Å². The zero-order chi connectivity index (χ0) is 12.3. The minimum atomic E-state index is 0.768. The highest BCUT2D eigenvalue weighted by molar-refractivity contribution is 5.14. The molecule has 2 aliphatic rings. The molecule has 0 heterocycles. The van der Waals surface area contributed by atoms with Crippen LogP contribution in [0.25, 0.3) is 0 Å². The molecular formula is C16H25N. The molecule has 1 fully saturated rings. The Hall–Kier alpha value is -0.980. The topological polar surface area (TPSA) is 12.0 Å². The third-order valence-electron chi connectivity index (χ3n) is 4.11. The molecule has 0 radical (unpaired) electrons. The van der Waals surface area contributed by atoms with Crippen LogP contribution in [0.2, 0.25) is 0 Å². The van der Waals surface area contributed by atoms with E-state index >= 15 is 0 Å². The lowest BCUT2D eigenvalue weighted by Gasteiger charge is -2.21. The fraction of sp³-hybridized carbons (Fsp3) is 0.625. The van der Waals surface area contributed by atoms with Crippen molar-refractivity contribution in [2.75, 3.05) is 6.54 Å². The van der Waals surface area contributed by atoms with Crippen LogP contribution in [-0.2, 0) is 0 Å². The summed E-state index contributed by atoms with van der Waals surface area (Å²) in [5, 5.41) is 3.44. The molecule has 0 aliphatic heterocycles. The second kappa shape index (κ2) is 5.57. The molecule has 94 valence electrons. The maximum absolute atomic E-state index is 4.09. The van der Waals surface area contributed by atoms with Gasteiger partial charge in [-0.3, -0.25) is 0 Å². The zero-order valence-corrected chi connectivity index (χ0v) is 11.3. The smallest absolute Gasteiger partial charge is 0.0330 e. The van der Waals surface area contributed by atoms with Gasteiger partial charge >= 0.3 is 0 Å². The van der Waals surface area contributed by atoms with E-state index in [0.717, 1.165) is 18.4 Å². The average molecular weight is 231 g/mol. The van der Waals surface area contributed by atoms with Crippen LogP contribution >= 0.6 is 0 Å². The van der Waals surface area contributed by atoms with Crippen LogP contribution < -0.4 is 5.32 Å². The first-order valence-electron chi connectivity index (χ1n) is 6.91. The summed E-state index contributed by atoms with van der Waals surface area (Å²) in [5.74, 6) is 1.54. The zero-order valence-electron chi connectivity index (χ0n) is 11.3. The third-order valence-corrected chi connectivity index (χ3v) is 4.11. The molecule has 0 aromatic carbocycles. The monoisotopic (exact) mass is 231 g/mol. The molecule has 0 bridgehead atoms. The van der Waals surface area contributed by atoms with E-state index in [-0.39, 0.29) is 0 Å². The minimum Gasteiger partial charge on any atom is -0.385 e. The maximum Gasteiger partial charge on any atom is 0.0330 e. The first-order chi connectivity index (χ1) is 8.16. The molecule has 1 atom stereocenters. The van der Waals surface area contributed by atoms with E-state index in [9.17, 15) is 0 Å². The first-order valence-corrected chi connectivity index (χ1v) is 6.91. The van der Waals surface area contributed by atoms with Gasteiger partial charge in [-0.25, -0.2) is 0 Å². The van der Waals surface area contributed by atoms with Gasteiger partial charge in [0.2, 0.25) is 0 Å². The summed E-state index contributed by atoms with van der Waals surface area (Å²) in [4.78, 5) is 0. The third kappa shape index (κ3) is 3.76. The van der Waals surface area contributed by atoms with Crippen molar-refractivity contribution in [2.45, 2.75) is 46.0 Å². The van der Waals surface area contributed by atoms with Crippen molar-refractivity contribution in [3.05, 3.63) is 35.6 Å². The summed E-state index contributed by atoms with van der Waals surface area (Å²) in [7, 11) is 0. The standard InChI is InChI=1S/C16H25N/c1-12-4-6-15(7-5-12)13(2)10-11-17-14(3)16-8-9-16/h4,10,15-17H,3,5-9,11H2,1-2H3/b13-10-. The lowest BCUT2D eigenvalue weighted by molar-refractivity contribution is 0.537. The molecule has 0 spiro atoms. The average Bonchev–Trinajstić information content (AvgIpc) is 3.13. The van der Waals surface area contributed by atoms with Crippen LogP contribution in [0.15, 0.2) is 35.6 Å². The van der Waals surface area contributed by atoms with Gasteiger partial charge in [0.25, 0.3) is 0 Å². The van der Waals surface area contributed by atoms with E-state index in [2.05, 4.69) is 37.9 Å². The van der Waals surface area contributed by atoms with Crippen molar-refractivity contribution >= 4 is 0 Å². The van der Waals surface area contributed by atoms with Crippen LogP contribution in [-0.4, -0.2) is 6.54 Å². The van der Waals surface area contributed by atoms with Crippen LogP contribution in [0, 0.1) is 11.8 Å². The Morgan fingerprint density at radius 3 is 2.76 bits per heavy atom. The van der Waals surface area contributed by atoms with Gasteiger partial charge in [-0.15, -0.1) is 0 Å². The van der Waals surface area contributed by atoms with E-state index in [1.54, 1.807) is 11.1 Å². The Balaban J connectivity index is 1.74. The number of allylic oxidation sites excluding steroid dienone is 4. The molecule has 0 aromatic rings. The fourth-order valence-corrected chi connectivity index (χ4v) is 2.46. The highest BCUT2D eigenvalue weighted by Gasteiger charge is 2.24. The molecule has 1 heteroatoms. The van der Waals surface area contributed by atoms with Gasteiger partial charge in [-0.05, 0) is 57.8 Å².